The molecule has 1 aromatic carbocycles. The summed E-state index contributed by atoms with van der Waals surface area (Å²) in [4.78, 5) is 2.38. The second kappa shape index (κ2) is 6.95. The molecule has 0 radical (unpaired) electrons. The number of nitrogens with one attached hydrogen (secondary N) is 1. The van der Waals surface area contributed by atoms with Crippen molar-refractivity contribution >= 4 is 5.69 Å². The molecular weight excluding hydrogens is 252 g/mol. The van der Waals surface area contributed by atoms with E-state index in [1.807, 2.05) is 18.2 Å². The smallest absolute Gasteiger partial charge is 0.142 e. The van der Waals surface area contributed by atoms with E-state index < -0.39 is 0 Å². The van der Waals surface area contributed by atoms with E-state index in [2.05, 4.69) is 37.1 Å². The molecule has 112 valence electrons. The van der Waals surface area contributed by atoms with Crippen molar-refractivity contribution in [1.29, 1.82) is 0 Å². The number of morpholine rings is 1. The van der Waals surface area contributed by atoms with Crippen LogP contribution >= 0.6 is 0 Å². The maximum absolute atomic E-state index is 5.94. The van der Waals surface area contributed by atoms with Crippen molar-refractivity contribution in [3.8, 4) is 5.75 Å². The topological polar surface area (TPSA) is 33.7 Å². The normalized spacial score (nSPS) is 16.9. The molecule has 20 heavy (non-hydrogen) atoms. The van der Waals surface area contributed by atoms with Crippen LogP contribution in [0.3, 0.4) is 0 Å². The lowest BCUT2D eigenvalue weighted by Gasteiger charge is -2.27. The van der Waals surface area contributed by atoms with Gasteiger partial charge in [0.25, 0.3) is 0 Å². The standard InChI is InChI=1S/C16H26N2O2/c1-16(2,3)17-14-6-4-5-7-15(14)20-13-10-18-8-11-19-12-9-18/h4-7,17H,8-13H2,1-3H3. The average molecular weight is 278 g/mol. The van der Waals surface area contributed by atoms with Gasteiger partial charge in [-0.2, -0.15) is 0 Å². The minimum Gasteiger partial charge on any atom is -0.490 e. The Morgan fingerprint density at radius 2 is 1.90 bits per heavy atom. The number of hydrogen-bond acceptors (Lipinski definition) is 4. The highest BCUT2D eigenvalue weighted by Crippen LogP contribution is 2.26. The van der Waals surface area contributed by atoms with Gasteiger partial charge in [-0.3, -0.25) is 4.90 Å². The second-order valence-corrected chi connectivity index (χ2v) is 6.17. The Labute approximate surface area is 122 Å². The highest BCUT2D eigenvalue weighted by molar-refractivity contribution is 5.57. The van der Waals surface area contributed by atoms with Crippen molar-refractivity contribution in [2.45, 2.75) is 26.3 Å². The quantitative estimate of drug-likeness (QED) is 0.897. The Morgan fingerprint density at radius 1 is 1.20 bits per heavy atom. The molecule has 0 aromatic heterocycles. The minimum atomic E-state index is 0.0314. The molecule has 0 aliphatic carbocycles. The summed E-state index contributed by atoms with van der Waals surface area (Å²) in [6, 6.07) is 8.13. The van der Waals surface area contributed by atoms with Gasteiger partial charge in [0, 0.05) is 25.2 Å². The Kier molecular flexibility index (Phi) is 5.26. The van der Waals surface area contributed by atoms with Crippen molar-refractivity contribution in [2.75, 3.05) is 44.8 Å². The van der Waals surface area contributed by atoms with Crippen LogP contribution in [0.5, 0.6) is 5.75 Å². The van der Waals surface area contributed by atoms with Gasteiger partial charge >= 0.3 is 0 Å². The largest absolute Gasteiger partial charge is 0.490 e. The Balaban J connectivity index is 1.85. The zero-order chi connectivity index (χ0) is 14.4. The maximum atomic E-state index is 5.94. The van der Waals surface area contributed by atoms with Gasteiger partial charge in [-0.15, -0.1) is 0 Å². The van der Waals surface area contributed by atoms with E-state index in [-0.39, 0.29) is 5.54 Å². The SMILES string of the molecule is CC(C)(C)Nc1ccccc1OCCN1CCOCC1. The molecule has 0 bridgehead atoms. The van der Waals surface area contributed by atoms with Crippen LogP contribution in [0, 0.1) is 0 Å². The molecule has 1 N–H and O–H groups in total. The first kappa shape index (κ1) is 15.1. The molecule has 0 atom stereocenters. The van der Waals surface area contributed by atoms with E-state index in [1.165, 1.54) is 0 Å². The van der Waals surface area contributed by atoms with Crippen LogP contribution < -0.4 is 10.1 Å². The molecule has 4 nitrogen and oxygen atoms in total. The molecule has 4 heteroatoms. The molecule has 1 fully saturated rings. The number of hydrogen-bond donors (Lipinski definition) is 1. The first-order valence-corrected chi connectivity index (χ1v) is 7.35. The molecule has 1 heterocycles. The predicted molar refractivity (Wildman–Crippen MR) is 82.6 cm³/mol. The Morgan fingerprint density at radius 3 is 2.60 bits per heavy atom. The zero-order valence-electron chi connectivity index (χ0n) is 12.8. The minimum absolute atomic E-state index is 0.0314. The summed E-state index contributed by atoms with van der Waals surface area (Å²) in [5.74, 6) is 0.927. The van der Waals surface area contributed by atoms with Crippen molar-refractivity contribution in [2.24, 2.45) is 0 Å². The highest BCUT2D eigenvalue weighted by Gasteiger charge is 2.13. The van der Waals surface area contributed by atoms with Crippen LogP contribution in [0.25, 0.3) is 0 Å². The molecule has 0 amide bonds. The molecule has 0 unspecified atom stereocenters. The average Bonchev–Trinajstić information content (AvgIpc) is 2.40. The number of benzene rings is 1. The van der Waals surface area contributed by atoms with Crippen molar-refractivity contribution in [3.63, 3.8) is 0 Å². The van der Waals surface area contributed by atoms with Gasteiger partial charge in [0.2, 0.25) is 0 Å². The fourth-order valence-corrected chi connectivity index (χ4v) is 2.21. The van der Waals surface area contributed by atoms with Crippen LogP contribution in [-0.2, 0) is 4.74 Å². The van der Waals surface area contributed by atoms with Gasteiger partial charge in [-0.05, 0) is 32.9 Å². The summed E-state index contributed by atoms with van der Waals surface area (Å²) in [7, 11) is 0. The van der Waals surface area contributed by atoms with Gasteiger partial charge < -0.3 is 14.8 Å². The number of anilines is 1. The van der Waals surface area contributed by atoms with Gasteiger partial charge in [-0.25, -0.2) is 0 Å². The van der Waals surface area contributed by atoms with Crippen LogP contribution in [-0.4, -0.2) is 49.9 Å². The zero-order valence-corrected chi connectivity index (χ0v) is 12.8. The third kappa shape index (κ3) is 5.02. The molecule has 2 rings (SSSR count). The lowest BCUT2D eigenvalue weighted by molar-refractivity contribution is 0.0323. The second-order valence-electron chi connectivity index (χ2n) is 6.17. The summed E-state index contributed by atoms with van der Waals surface area (Å²) >= 11 is 0. The number of nitrogens with zero attached hydrogens (tertiary/aromatic N) is 1. The summed E-state index contributed by atoms with van der Waals surface area (Å²) in [5, 5.41) is 3.48. The van der Waals surface area contributed by atoms with E-state index in [9.17, 15) is 0 Å². The van der Waals surface area contributed by atoms with Crippen molar-refractivity contribution in [1.82, 2.24) is 4.90 Å². The van der Waals surface area contributed by atoms with Crippen molar-refractivity contribution < 1.29 is 9.47 Å². The monoisotopic (exact) mass is 278 g/mol. The fraction of sp³-hybridized carbons (Fsp3) is 0.625. The Hall–Kier alpha value is -1.26. The summed E-state index contributed by atoms with van der Waals surface area (Å²) in [6.07, 6.45) is 0. The van der Waals surface area contributed by atoms with Gasteiger partial charge in [0.1, 0.15) is 12.4 Å². The van der Waals surface area contributed by atoms with Gasteiger partial charge in [0.05, 0.1) is 18.9 Å². The summed E-state index contributed by atoms with van der Waals surface area (Å²) < 4.78 is 11.3. The summed E-state index contributed by atoms with van der Waals surface area (Å²) in [5.41, 5.74) is 1.09. The Bertz CT molecular complexity index is 409. The van der Waals surface area contributed by atoms with E-state index >= 15 is 0 Å². The van der Waals surface area contributed by atoms with Crippen LogP contribution in [0.15, 0.2) is 24.3 Å². The molecule has 0 spiro atoms. The van der Waals surface area contributed by atoms with E-state index in [1.54, 1.807) is 0 Å². The van der Waals surface area contributed by atoms with Crippen LogP contribution in [0.4, 0.5) is 5.69 Å². The lowest BCUT2D eigenvalue weighted by Crippen LogP contribution is -2.38. The highest BCUT2D eigenvalue weighted by atomic mass is 16.5. The molecular formula is C16H26N2O2. The summed E-state index contributed by atoms with van der Waals surface area (Å²) in [6.45, 7) is 11.8. The number of ether oxygens (including phenoxy) is 2. The van der Waals surface area contributed by atoms with Gasteiger partial charge in [0.15, 0.2) is 0 Å². The van der Waals surface area contributed by atoms with E-state index in [4.69, 9.17) is 9.47 Å². The molecule has 0 saturated carbocycles. The molecule has 1 aliphatic heterocycles. The fourth-order valence-electron chi connectivity index (χ4n) is 2.21. The van der Waals surface area contributed by atoms with Crippen LogP contribution in [0.1, 0.15) is 20.8 Å². The first-order valence-electron chi connectivity index (χ1n) is 7.35. The molecule has 1 aliphatic rings. The number of para-hydroxylation sites is 2. The number of rotatable bonds is 5. The maximum Gasteiger partial charge on any atom is 0.142 e. The van der Waals surface area contributed by atoms with Crippen molar-refractivity contribution in [3.05, 3.63) is 24.3 Å². The molecule has 1 saturated heterocycles. The first-order chi connectivity index (χ1) is 9.54. The van der Waals surface area contributed by atoms with E-state index in [0.717, 1.165) is 44.3 Å². The lowest BCUT2D eigenvalue weighted by atomic mass is 10.1. The van der Waals surface area contributed by atoms with E-state index in [0.29, 0.717) is 6.61 Å². The van der Waals surface area contributed by atoms with Gasteiger partial charge in [-0.1, -0.05) is 12.1 Å². The predicted octanol–water partition coefficient (Wildman–Crippen LogP) is 2.61. The van der Waals surface area contributed by atoms with Crippen LogP contribution in [0.2, 0.25) is 0 Å². The third-order valence-electron chi connectivity index (χ3n) is 3.17. The molecule has 1 aromatic rings. The third-order valence-corrected chi connectivity index (χ3v) is 3.17.